The van der Waals surface area contributed by atoms with Crippen molar-refractivity contribution in [3.63, 3.8) is 0 Å². The Bertz CT molecular complexity index is 2200. The van der Waals surface area contributed by atoms with Crippen molar-refractivity contribution in [3.8, 4) is 5.75 Å². The first kappa shape index (κ1) is 34.1. The molecule has 3 aromatic heterocycles. The first-order valence-corrected chi connectivity index (χ1v) is 17.7. The van der Waals surface area contributed by atoms with E-state index >= 15 is 0 Å². The number of rotatable bonds is 7. The Labute approximate surface area is 300 Å². The number of fused-ring (bicyclic) bond motifs is 3. The zero-order valence-electron chi connectivity index (χ0n) is 28.3. The minimum absolute atomic E-state index is 0.00713. The molecule has 0 unspecified atom stereocenters. The summed E-state index contributed by atoms with van der Waals surface area (Å²) < 4.78 is 41.4. The van der Waals surface area contributed by atoms with Crippen molar-refractivity contribution in [2.24, 2.45) is 5.92 Å². The monoisotopic (exact) mass is 737 g/mol. The van der Waals surface area contributed by atoms with E-state index in [1.807, 2.05) is 11.8 Å². The molecule has 2 aliphatic carbocycles. The second-order valence-corrected chi connectivity index (χ2v) is 14.2. The van der Waals surface area contributed by atoms with E-state index in [4.69, 9.17) is 21.6 Å². The van der Waals surface area contributed by atoms with E-state index < -0.39 is 23.6 Å². The van der Waals surface area contributed by atoms with Gasteiger partial charge < -0.3 is 29.7 Å². The Morgan fingerprint density at radius 3 is 2.48 bits per heavy atom. The van der Waals surface area contributed by atoms with Crippen molar-refractivity contribution in [2.75, 3.05) is 34.8 Å². The van der Waals surface area contributed by atoms with Gasteiger partial charge in [-0.25, -0.2) is 19.9 Å². The van der Waals surface area contributed by atoms with Crippen molar-refractivity contribution in [1.29, 1.82) is 0 Å². The van der Waals surface area contributed by atoms with Crippen molar-refractivity contribution >= 4 is 51.8 Å². The number of piperazine rings is 1. The molecule has 0 bridgehead atoms. The lowest BCUT2D eigenvalue weighted by atomic mass is 9.81. The number of nitrogens with one attached hydrogen (secondary N) is 1. The number of hydrogen-bond donors (Lipinski definition) is 2. The number of hydrogen-bond acceptors (Lipinski definition) is 10. The summed E-state index contributed by atoms with van der Waals surface area (Å²) in [5.74, 6) is -0.0698. The highest BCUT2D eigenvalue weighted by atomic mass is 35.5. The van der Waals surface area contributed by atoms with Crippen LogP contribution in [0.15, 0.2) is 35.5 Å². The first-order valence-electron chi connectivity index (χ1n) is 17.3. The van der Waals surface area contributed by atoms with Gasteiger partial charge in [-0.1, -0.05) is 18.5 Å². The molecule has 2 saturated heterocycles. The molecule has 2 amide bonds. The zero-order valence-corrected chi connectivity index (χ0v) is 29.1. The van der Waals surface area contributed by atoms with Crippen molar-refractivity contribution in [2.45, 2.75) is 76.8 Å². The van der Waals surface area contributed by atoms with Crippen LogP contribution in [0.25, 0.3) is 11.2 Å². The van der Waals surface area contributed by atoms with Gasteiger partial charge in [0.2, 0.25) is 11.3 Å². The van der Waals surface area contributed by atoms with Crippen molar-refractivity contribution < 1.29 is 27.9 Å². The Kier molecular flexibility index (Phi) is 8.27. The van der Waals surface area contributed by atoms with E-state index in [1.165, 1.54) is 6.33 Å². The summed E-state index contributed by atoms with van der Waals surface area (Å²) in [6, 6.07) is 2.57. The standard InChI is InChI=1S/C35H35ClF3N9O4/c1-3-22-30(46-10-11-47(24-7-6-23(24)46)34(52)29-31(50)17(2)41-16-42-29)32(51)28-33(40-14-26(44-28)45-9-8-18-12-25(18)45)48(22)15-27(49)43-21-5-4-19(13-20(21)36)35(37,38)39/h4-5,13-14,16,18,23-25,50H,3,6-12,15H2,1-2H3,(H,43,49)/t18-,23-,24-,25+/m0/s1. The molecule has 8 rings (SSSR count). The summed E-state index contributed by atoms with van der Waals surface area (Å²) >= 11 is 6.16. The predicted molar refractivity (Wildman–Crippen MR) is 186 cm³/mol. The minimum atomic E-state index is -4.60. The van der Waals surface area contributed by atoms with E-state index in [2.05, 4.69) is 20.2 Å². The summed E-state index contributed by atoms with van der Waals surface area (Å²) in [5, 5.41) is 12.9. The van der Waals surface area contributed by atoms with E-state index in [0.717, 1.165) is 37.6 Å². The average Bonchev–Trinajstić information content (AvgIpc) is 3.75. The number of carbonyl (C=O) groups excluding carboxylic acids is 2. The molecule has 5 heterocycles. The normalized spacial score (nSPS) is 22.2. The molecule has 4 aliphatic rings. The maximum absolute atomic E-state index is 14.6. The van der Waals surface area contributed by atoms with Crippen LogP contribution in [-0.2, 0) is 23.9 Å². The lowest BCUT2D eigenvalue weighted by Gasteiger charge is -2.54. The summed E-state index contributed by atoms with van der Waals surface area (Å²) in [5.41, 5.74) is 0.173. The zero-order chi connectivity index (χ0) is 36.6. The minimum Gasteiger partial charge on any atom is -0.504 e. The molecular formula is C35H35ClF3N9O4. The van der Waals surface area contributed by atoms with Crippen LogP contribution in [0.4, 0.5) is 30.4 Å². The summed E-state index contributed by atoms with van der Waals surface area (Å²) in [7, 11) is 0. The topological polar surface area (TPSA) is 150 Å². The van der Waals surface area contributed by atoms with Crippen LogP contribution in [-0.4, -0.2) is 84.1 Å². The molecule has 52 heavy (non-hydrogen) atoms. The molecule has 0 spiro atoms. The molecule has 4 aromatic rings. The molecule has 272 valence electrons. The number of alkyl halides is 3. The van der Waals surface area contributed by atoms with Crippen LogP contribution in [0.1, 0.15) is 60.0 Å². The Balaban J connectivity index is 1.17. The number of piperidine rings is 1. The molecule has 13 nitrogen and oxygen atoms in total. The van der Waals surface area contributed by atoms with Crippen molar-refractivity contribution in [3.05, 3.63) is 68.6 Å². The molecule has 4 atom stereocenters. The fourth-order valence-corrected chi connectivity index (χ4v) is 8.25. The summed E-state index contributed by atoms with van der Waals surface area (Å²) in [6.45, 7) is 4.48. The van der Waals surface area contributed by atoms with Gasteiger partial charge in [-0.15, -0.1) is 0 Å². The van der Waals surface area contributed by atoms with Crippen LogP contribution in [0.5, 0.6) is 5.75 Å². The van der Waals surface area contributed by atoms with Gasteiger partial charge in [-0.05, 0) is 63.1 Å². The lowest BCUT2D eigenvalue weighted by Crippen LogP contribution is -2.67. The Morgan fingerprint density at radius 1 is 1.04 bits per heavy atom. The SMILES string of the molecule is CCc1c(N2CCN(C(=O)c3ncnc(C)c3O)[C@H]3CC[C@@H]32)c(=O)c2nc(N3CC[C@H]4C[C@H]43)cnc2n1CC(=O)Nc1ccc(C(F)(F)F)cc1Cl. The Morgan fingerprint density at radius 2 is 1.83 bits per heavy atom. The van der Waals surface area contributed by atoms with Gasteiger partial charge in [-0.2, -0.15) is 13.2 Å². The van der Waals surface area contributed by atoms with E-state index in [0.29, 0.717) is 60.7 Å². The maximum atomic E-state index is 14.6. The molecule has 0 radical (unpaired) electrons. The fourth-order valence-electron chi connectivity index (χ4n) is 8.02. The number of carbonyl (C=O) groups is 2. The second kappa shape index (κ2) is 12.6. The van der Waals surface area contributed by atoms with Gasteiger partial charge in [-0.3, -0.25) is 14.4 Å². The highest BCUT2D eigenvalue weighted by Crippen LogP contribution is 2.46. The number of halogens is 4. The first-order chi connectivity index (χ1) is 24.8. The Hall–Kier alpha value is -4.99. The third kappa shape index (κ3) is 5.67. The number of aromatic hydroxyl groups is 1. The van der Waals surface area contributed by atoms with Gasteiger partial charge in [0.25, 0.3) is 5.91 Å². The van der Waals surface area contributed by atoms with E-state index in [1.54, 1.807) is 22.6 Å². The van der Waals surface area contributed by atoms with Gasteiger partial charge in [0.05, 0.1) is 34.2 Å². The van der Waals surface area contributed by atoms with Crippen molar-refractivity contribution in [1.82, 2.24) is 29.4 Å². The quantitative estimate of drug-likeness (QED) is 0.277. The second-order valence-electron chi connectivity index (χ2n) is 13.8. The maximum Gasteiger partial charge on any atom is 0.416 e. The molecule has 2 aliphatic heterocycles. The third-order valence-electron chi connectivity index (χ3n) is 10.9. The molecular weight excluding hydrogens is 703 g/mol. The van der Waals surface area contributed by atoms with Gasteiger partial charge in [0.1, 0.15) is 24.4 Å². The molecule has 4 fully saturated rings. The smallest absolute Gasteiger partial charge is 0.416 e. The van der Waals surface area contributed by atoms with E-state index in [-0.39, 0.29) is 63.9 Å². The number of pyridine rings is 1. The fraction of sp³-hybridized carbons (Fsp3) is 0.457. The predicted octanol–water partition coefficient (Wildman–Crippen LogP) is 4.56. The van der Waals surface area contributed by atoms with Gasteiger partial charge in [0, 0.05) is 37.4 Å². The largest absolute Gasteiger partial charge is 0.504 e. The van der Waals surface area contributed by atoms with Crippen LogP contribution in [0.2, 0.25) is 5.02 Å². The number of nitrogens with zero attached hydrogens (tertiary/aromatic N) is 8. The van der Waals surface area contributed by atoms with Gasteiger partial charge >= 0.3 is 6.18 Å². The average molecular weight is 738 g/mol. The molecule has 17 heteroatoms. The van der Waals surface area contributed by atoms with Crippen LogP contribution >= 0.6 is 11.6 Å². The third-order valence-corrected chi connectivity index (χ3v) is 11.2. The van der Waals surface area contributed by atoms with Crippen LogP contribution in [0.3, 0.4) is 0 Å². The highest BCUT2D eigenvalue weighted by Gasteiger charge is 2.49. The number of aryl methyl sites for hydroxylation is 1. The van der Waals surface area contributed by atoms with Crippen LogP contribution < -0.4 is 20.5 Å². The molecule has 2 saturated carbocycles. The van der Waals surface area contributed by atoms with E-state index in [9.17, 15) is 32.7 Å². The summed E-state index contributed by atoms with van der Waals surface area (Å²) in [4.78, 5) is 65.3. The number of amides is 2. The van der Waals surface area contributed by atoms with Crippen LogP contribution in [0, 0.1) is 12.8 Å². The number of benzene rings is 1. The lowest BCUT2D eigenvalue weighted by molar-refractivity contribution is -0.137. The highest BCUT2D eigenvalue weighted by molar-refractivity contribution is 6.33. The summed E-state index contributed by atoms with van der Waals surface area (Å²) in [6.07, 6.45) is 2.07. The number of anilines is 3. The van der Waals surface area contributed by atoms with Gasteiger partial charge in [0.15, 0.2) is 22.6 Å². The molecule has 1 aromatic carbocycles. The molecule has 2 N–H and O–H groups in total. The number of aromatic nitrogens is 5.